The second-order valence-electron chi connectivity index (χ2n) is 5.59. The molecule has 0 saturated carbocycles. The van der Waals surface area contributed by atoms with Gasteiger partial charge in [-0.2, -0.15) is 11.8 Å². The minimum Gasteiger partial charge on any atom is -0.487 e. The Balaban J connectivity index is 0.00000338. The van der Waals surface area contributed by atoms with Crippen molar-refractivity contribution < 1.29 is 9.53 Å². The quantitative estimate of drug-likeness (QED) is 0.649. The molecule has 3 N–H and O–H groups in total. The molecule has 142 valence electrons. The van der Waals surface area contributed by atoms with Crippen LogP contribution in [0.1, 0.15) is 17.5 Å². The van der Waals surface area contributed by atoms with Crippen molar-refractivity contribution in [3.05, 3.63) is 64.7 Å². The second kappa shape index (κ2) is 12.1. The van der Waals surface area contributed by atoms with Crippen LogP contribution in [-0.2, 0) is 17.9 Å². The van der Waals surface area contributed by atoms with Crippen molar-refractivity contribution in [2.75, 3.05) is 12.0 Å². The van der Waals surface area contributed by atoms with E-state index in [0.717, 1.165) is 16.9 Å². The molecule has 2 rings (SSSR count). The highest BCUT2D eigenvalue weighted by Crippen LogP contribution is 2.24. The predicted octanol–water partition coefficient (Wildman–Crippen LogP) is 4.04. The molecule has 0 aliphatic heterocycles. The zero-order chi connectivity index (χ0) is 18.1. The number of halogens is 2. The van der Waals surface area contributed by atoms with Crippen LogP contribution in [0.15, 0.2) is 48.5 Å². The number of nitrogens with two attached hydrogens (primary N) is 1. The van der Waals surface area contributed by atoms with Gasteiger partial charge in [0.2, 0.25) is 5.91 Å². The standard InChI is InChI=1S/C19H23ClN2O2S.ClH/c1-25-11-10-17(21)19(23)22-12-14-6-2-3-7-15(14)13-24-18-9-5-4-8-16(18)20;/h2-9,17H,10-13,21H2,1H3,(H,22,23);1H/t17-;/m0./s1. The number of hydrogen-bond acceptors (Lipinski definition) is 4. The Morgan fingerprint density at radius 2 is 1.85 bits per heavy atom. The normalized spacial score (nSPS) is 11.3. The Kier molecular flexibility index (Phi) is 10.5. The van der Waals surface area contributed by atoms with Crippen LogP contribution in [0, 0.1) is 0 Å². The Bertz CT molecular complexity index is 701. The van der Waals surface area contributed by atoms with Gasteiger partial charge in [0, 0.05) is 6.54 Å². The van der Waals surface area contributed by atoms with Crippen molar-refractivity contribution in [3.8, 4) is 5.75 Å². The summed E-state index contributed by atoms with van der Waals surface area (Å²) in [6.07, 6.45) is 2.67. The third kappa shape index (κ3) is 7.08. The van der Waals surface area contributed by atoms with E-state index in [2.05, 4.69) is 5.32 Å². The Morgan fingerprint density at radius 3 is 2.54 bits per heavy atom. The van der Waals surface area contributed by atoms with Crippen LogP contribution in [0.5, 0.6) is 5.75 Å². The van der Waals surface area contributed by atoms with Gasteiger partial charge in [-0.3, -0.25) is 4.79 Å². The highest BCUT2D eigenvalue weighted by molar-refractivity contribution is 7.98. The number of carbonyl (C=O) groups excluding carboxylic acids is 1. The number of rotatable bonds is 9. The molecule has 0 saturated heterocycles. The molecular formula is C19H24Cl2N2O2S. The first-order chi connectivity index (χ1) is 12.1. The molecular weight excluding hydrogens is 391 g/mol. The summed E-state index contributed by atoms with van der Waals surface area (Å²) in [6, 6.07) is 14.7. The zero-order valence-electron chi connectivity index (χ0n) is 14.6. The van der Waals surface area contributed by atoms with Crippen molar-refractivity contribution in [1.82, 2.24) is 5.32 Å². The van der Waals surface area contributed by atoms with E-state index in [1.165, 1.54) is 0 Å². The summed E-state index contributed by atoms with van der Waals surface area (Å²) in [7, 11) is 0. The zero-order valence-corrected chi connectivity index (χ0v) is 17.0. The van der Waals surface area contributed by atoms with Gasteiger partial charge in [0.15, 0.2) is 0 Å². The number of benzene rings is 2. The molecule has 0 fully saturated rings. The van der Waals surface area contributed by atoms with Crippen molar-refractivity contribution in [2.45, 2.75) is 25.6 Å². The number of amides is 1. The van der Waals surface area contributed by atoms with Crippen LogP contribution < -0.4 is 15.8 Å². The minimum absolute atomic E-state index is 0. The lowest BCUT2D eigenvalue weighted by Gasteiger charge is -2.15. The SMILES string of the molecule is CSCC[C@H](N)C(=O)NCc1ccccc1COc1ccccc1Cl.Cl. The summed E-state index contributed by atoms with van der Waals surface area (Å²) in [5.74, 6) is 1.38. The van der Waals surface area contributed by atoms with Gasteiger partial charge in [-0.1, -0.05) is 48.0 Å². The molecule has 2 aromatic rings. The third-order valence-corrected chi connectivity index (χ3v) is 4.72. The number of nitrogens with one attached hydrogen (secondary N) is 1. The van der Waals surface area contributed by atoms with E-state index in [0.29, 0.717) is 30.3 Å². The molecule has 0 radical (unpaired) electrons. The van der Waals surface area contributed by atoms with E-state index < -0.39 is 6.04 Å². The fourth-order valence-electron chi connectivity index (χ4n) is 2.28. The van der Waals surface area contributed by atoms with Crippen LogP contribution in [0.4, 0.5) is 0 Å². The summed E-state index contributed by atoms with van der Waals surface area (Å²) < 4.78 is 5.80. The maximum absolute atomic E-state index is 12.1. The van der Waals surface area contributed by atoms with Gasteiger partial charge in [-0.05, 0) is 41.7 Å². The largest absolute Gasteiger partial charge is 0.487 e. The molecule has 0 aliphatic rings. The van der Waals surface area contributed by atoms with E-state index in [1.807, 2.05) is 48.7 Å². The van der Waals surface area contributed by atoms with E-state index >= 15 is 0 Å². The number of thioether (sulfide) groups is 1. The van der Waals surface area contributed by atoms with E-state index in [-0.39, 0.29) is 18.3 Å². The van der Waals surface area contributed by atoms with Crippen LogP contribution in [-0.4, -0.2) is 24.0 Å². The fraction of sp³-hybridized carbons (Fsp3) is 0.316. The molecule has 26 heavy (non-hydrogen) atoms. The van der Waals surface area contributed by atoms with Crippen molar-refractivity contribution in [3.63, 3.8) is 0 Å². The van der Waals surface area contributed by atoms with Gasteiger partial charge in [0.25, 0.3) is 0 Å². The first-order valence-electron chi connectivity index (χ1n) is 8.08. The Labute approximate surface area is 170 Å². The molecule has 7 heteroatoms. The molecule has 1 amide bonds. The first-order valence-corrected chi connectivity index (χ1v) is 9.85. The molecule has 2 aromatic carbocycles. The molecule has 1 atom stereocenters. The topological polar surface area (TPSA) is 64.4 Å². The lowest BCUT2D eigenvalue weighted by atomic mass is 10.1. The number of carbonyl (C=O) groups is 1. The third-order valence-electron chi connectivity index (χ3n) is 3.76. The van der Waals surface area contributed by atoms with Gasteiger partial charge < -0.3 is 15.8 Å². The maximum Gasteiger partial charge on any atom is 0.237 e. The Morgan fingerprint density at radius 1 is 1.19 bits per heavy atom. The van der Waals surface area contributed by atoms with Gasteiger partial charge >= 0.3 is 0 Å². The summed E-state index contributed by atoms with van der Waals surface area (Å²) in [5, 5.41) is 3.48. The molecule has 0 unspecified atom stereocenters. The number of hydrogen-bond donors (Lipinski definition) is 2. The lowest BCUT2D eigenvalue weighted by Crippen LogP contribution is -2.40. The summed E-state index contributed by atoms with van der Waals surface area (Å²) in [5.41, 5.74) is 7.89. The molecule has 4 nitrogen and oxygen atoms in total. The predicted molar refractivity (Wildman–Crippen MR) is 112 cm³/mol. The van der Waals surface area contributed by atoms with Crippen molar-refractivity contribution in [2.24, 2.45) is 5.73 Å². The second-order valence-corrected chi connectivity index (χ2v) is 6.99. The number of ether oxygens (including phenoxy) is 1. The van der Waals surface area contributed by atoms with Crippen LogP contribution >= 0.6 is 35.8 Å². The molecule has 0 spiro atoms. The lowest BCUT2D eigenvalue weighted by molar-refractivity contribution is -0.122. The van der Waals surface area contributed by atoms with Crippen LogP contribution in [0.25, 0.3) is 0 Å². The number of para-hydroxylation sites is 1. The minimum atomic E-state index is -0.473. The average Bonchev–Trinajstić information content (AvgIpc) is 2.64. The summed E-state index contributed by atoms with van der Waals surface area (Å²) in [6.45, 7) is 0.808. The summed E-state index contributed by atoms with van der Waals surface area (Å²) in [4.78, 5) is 12.1. The van der Waals surface area contributed by atoms with E-state index in [1.54, 1.807) is 17.8 Å². The average molecular weight is 415 g/mol. The summed E-state index contributed by atoms with van der Waals surface area (Å²) >= 11 is 7.79. The van der Waals surface area contributed by atoms with Crippen molar-refractivity contribution in [1.29, 1.82) is 0 Å². The monoisotopic (exact) mass is 414 g/mol. The molecule has 0 aromatic heterocycles. The molecule has 0 heterocycles. The van der Waals surface area contributed by atoms with Gasteiger partial charge in [0.1, 0.15) is 12.4 Å². The van der Waals surface area contributed by atoms with Crippen LogP contribution in [0.3, 0.4) is 0 Å². The van der Waals surface area contributed by atoms with Gasteiger partial charge in [-0.25, -0.2) is 0 Å². The van der Waals surface area contributed by atoms with Crippen molar-refractivity contribution >= 4 is 41.7 Å². The molecule has 0 bridgehead atoms. The van der Waals surface area contributed by atoms with Gasteiger partial charge in [-0.15, -0.1) is 12.4 Å². The Hall–Kier alpha value is -1.40. The highest BCUT2D eigenvalue weighted by Gasteiger charge is 2.13. The highest BCUT2D eigenvalue weighted by atomic mass is 35.5. The fourth-order valence-corrected chi connectivity index (χ4v) is 2.96. The van der Waals surface area contributed by atoms with Crippen LogP contribution in [0.2, 0.25) is 5.02 Å². The van der Waals surface area contributed by atoms with E-state index in [9.17, 15) is 4.79 Å². The smallest absolute Gasteiger partial charge is 0.237 e. The maximum atomic E-state index is 12.1. The van der Waals surface area contributed by atoms with E-state index in [4.69, 9.17) is 22.1 Å². The first kappa shape index (κ1) is 22.6. The molecule has 0 aliphatic carbocycles. The van der Waals surface area contributed by atoms with Gasteiger partial charge in [0.05, 0.1) is 11.1 Å².